The van der Waals surface area contributed by atoms with Gasteiger partial charge in [-0.3, -0.25) is 0 Å². The lowest BCUT2D eigenvalue weighted by Crippen LogP contribution is -2.25. The Morgan fingerprint density at radius 3 is 2.44 bits per heavy atom. The fourth-order valence-electron chi connectivity index (χ4n) is 0.597. The first kappa shape index (κ1) is 5.84. The summed E-state index contributed by atoms with van der Waals surface area (Å²) in [6, 6.07) is 3.81. The van der Waals surface area contributed by atoms with Crippen LogP contribution in [0.5, 0.6) is 0 Å². The molecular formula is C8H8N+. The van der Waals surface area contributed by atoms with Gasteiger partial charge in [0, 0.05) is 17.7 Å². The molecule has 0 atom stereocenters. The molecule has 1 aromatic rings. The van der Waals surface area contributed by atoms with Gasteiger partial charge in [-0.05, 0) is 0 Å². The van der Waals surface area contributed by atoms with E-state index in [0.717, 1.165) is 5.56 Å². The molecule has 0 saturated heterocycles. The van der Waals surface area contributed by atoms with Gasteiger partial charge in [0.1, 0.15) is 7.05 Å². The smallest absolute Gasteiger partial charge is 0.169 e. The zero-order chi connectivity index (χ0) is 6.69. The summed E-state index contributed by atoms with van der Waals surface area (Å²) in [6.07, 6.45) is 8.99. The van der Waals surface area contributed by atoms with Gasteiger partial charge in [0.15, 0.2) is 12.4 Å². The summed E-state index contributed by atoms with van der Waals surface area (Å²) in [7, 11) is 1.96. The van der Waals surface area contributed by atoms with Crippen molar-refractivity contribution in [2.75, 3.05) is 0 Å². The number of rotatable bonds is 0. The number of terminal acetylenes is 1. The van der Waals surface area contributed by atoms with Crippen molar-refractivity contribution in [2.24, 2.45) is 7.05 Å². The summed E-state index contributed by atoms with van der Waals surface area (Å²) in [4.78, 5) is 0. The first-order valence-corrected chi connectivity index (χ1v) is 2.75. The minimum atomic E-state index is 0.924. The number of hydrogen-bond acceptors (Lipinski definition) is 0. The Kier molecular flexibility index (Phi) is 1.51. The maximum Gasteiger partial charge on any atom is 0.169 e. The van der Waals surface area contributed by atoms with Gasteiger partial charge in [-0.2, -0.15) is 0 Å². The lowest BCUT2D eigenvalue weighted by atomic mass is 10.3. The Morgan fingerprint density at radius 2 is 2.00 bits per heavy atom. The molecule has 0 fully saturated rings. The van der Waals surface area contributed by atoms with Crippen molar-refractivity contribution in [3.63, 3.8) is 0 Å². The Labute approximate surface area is 55.0 Å². The summed E-state index contributed by atoms with van der Waals surface area (Å²) >= 11 is 0. The molecule has 44 valence electrons. The van der Waals surface area contributed by atoms with Crippen LogP contribution in [0.2, 0.25) is 0 Å². The predicted octanol–water partition coefficient (Wildman–Crippen LogP) is 0.492. The Morgan fingerprint density at radius 1 is 1.44 bits per heavy atom. The molecular weight excluding hydrogens is 110 g/mol. The van der Waals surface area contributed by atoms with E-state index in [1.165, 1.54) is 0 Å². The molecule has 0 aromatic carbocycles. The molecule has 0 aliphatic rings. The molecule has 1 heteroatoms. The minimum Gasteiger partial charge on any atom is -0.208 e. The summed E-state index contributed by atoms with van der Waals surface area (Å²) < 4.78 is 1.95. The molecule has 0 radical (unpaired) electrons. The number of nitrogens with zero attached hydrogens (tertiary/aromatic N) is 1. The molecule has 0 bridgehead atoms. The molecule has 0 aliphatic carbocycles. The summed E-state index contributed by atoms with van der Waals surface area (Å²) in [5.74, 6) is 2.54. The van der Waals surface area contributed by atoms with Gasteiger partial charge >= 0.3 is 0 Å². The highest BCUT2D eigenvalue weighted by atomic mass is 14.9. The van der Waals surface area contributed by atoms with Crippen LogP contribution < -0.4 is 4.57 Å². The van der Waals surface area contributed by atoms with E-state index in [9.17, 15) is 0 Å². The van der Waals surface area contributed by atoms with E-state index < -0.39 is 0 Å². The number of hydrogen-bond donors (Lipinski definition) is 0. The van der Waals surface area contributed by atoms with Crippen molar-refractivity contribution in [1.29, 1.82) is 0 Å². The summed E-state index contributed by atoms with van der Waals surface area (Å²) in [6.45, 7) is 0. The quantitative estimate of drug-likeness (QED) is 0.345. The molecule has 1 aromatic heterocycles. The Balaban J connectivity index is 3.06. The van der Waals surface area contributed by atoms with Gasteiger partial charge in [0.2, 0.25) is 0 Å². The molecule has 1 rings (SSSR count). The zero-order valence-corrected chi connectivity index (χ0v) is 5.33. The monoisotopic (exact) mass is 118 g/mol. The van der Waals surface area contributed by atoms with Crippen LogP contribution in [0, 0.1) is 12.3 Å². The lowest BCUT2D eigenvalue weighted by Gasteiger charge is -1.84. The zero-order valence-electron chi connectivity index (χ0n) is 5.33. The van der Waals surface area contributed by atoms with Crippen LogP contribution in [0.3, 0.4) is 0 Å². The van der Waals surface area contributed by atoms with Crippen LogP contribution >= 0.6 is 0 Å². The van der Waals surface area contributed by atoms with Crippen molar-refractivity contribution >= 4 is 0 Å². The van der Waals surface area contributed by atoms with E-state index >= 15 is 0 Å². The molecule has 0 N–H and O–H groups in total. The maximum absolute atomic E-state index is 5.14. The van der Waals surface area contributed by atoms with Gasteiger partial charge in [-0.1, -0.05) is 5.92 Å². The van der Waals surface area contributed by atoms with Crippen LogP contribution in [0.15, 0.2) is 24.5 Å². The fraction of sp³-hybridized carbons (Fsp3) is 0.125. The molecule has 1 heterocycles. The highest BCUT2D eigenvalue weighted by Gasteiger charge is 1.88. The first-order valence-electron chi connectivity index (χ1n) is 2.75. The van der Waals surface area contributed by atoms with E-state index in [0.29, 0.717) is 0 Å². The fourth-order valence-corrected chi connectivity index (χ4v) is 0.597. The molecule has 1 nitrogen and oxygen atoms in total. The highest BCUT2D eigenvalue weighted by molar-refractivity contribution is 5.27. The molecule has 0 spiro atoms. The van der Waals surface area contributed by atoms with E-state index in [4.69, 9.17) is 6.42 Å². The largest absolute Gasteiger partial charge is 0.208 e. The van der Waals surface area contributed by atoms with E-state index in [1.54, 1.807) is 0 Å². The lowest BCUT2D eigenvalue weighted by molar-refractivity contribution is -0.671. The third kappa shape index (κ3) is 1.30. The molecule has 0 unspecified atom stereocenters. The number of pyridine rings is 1. The number of aromatic nitrogens is 1. The second kappa shape index (κ2) is 2.32. The third-order valence-electron chi connectivity index (χ3n) is 1.15. The standard InChI is InChI=1S/C8H8N/c1-3-8-4-6-9(2)7-5-8/h1,4-7H,2H3/q+1. The average Bonchev–Trinajstić information content (AvgIpc) is 1.90. The van der Waals surface area contributed by atoms with Gasteiger partial charge in [-0.15, -0.1) is 6.42 Å². The molecule has 0 amide bonds. The van der Waals surface area contributed by atoms with Crippen LogP contribution in [-0.2, 0) is 7.05 Å². The Bertz CT molecular complexity index is 228. The van der Waals surface area contributed by atoms with Crippen LogP contribution in [0.25, 0.3) is 0 Å². The average molecular weight is 118 g/mol. The van der Waals surface area contributed by atoms with Crippen LogP contribution in [0.4, 0.5) is 0 Å². The second-order valence-corrected chi connectivity index (χ2v) is 1.90. The predicted molar refractivity (Wildman–Crippen MR) is 35.6 cm³/mol. The minimum absolute atomic E-state index is 0.924. The maximum atomic E-state index is 5.14. The van der Waals surface area contributed by atoms with Gasteiger partial charge in [0.25, 0.3) is 0 Å². The van der Waals surface area contributed by atoms with Crippen LogP contribution in [0.1, 0.15) is 5.56 Å². The summed E-state index contributed by atoms with van der Waals surface area (Å²) in [5, 5.41) is 0. The first-order chi connectivity index (χ1) is 4.33. The summed E-state index contributed by atoms with van der Waals surface area (Å²) in [5.41, 5.74) is 0.924. The van der Waals surface area contributed by atoms with Crippen LogP contribution in [-0.4, -0.2) is 0 Å². The SMILES string of the molecule is C#Cc1cc[n+](C)cc1. The third-order valence-corrected chi connectivity index (χ3v) is 1.15. The molecule has 0 saturated carbocycles. The van der Waals surface area contributed by atoms with Crippen molar-refractivity contribution < 1.29 is 4.57 Å². The molecule has 0 aliphatic heterocycles. The van der Waals surface area contributed by atoms with Crippen molar-refractivity contribution in [2.45, 2.75) is 0 Å². The topological polar surface area (TPSA) is 3.88 Å². The van der Waals surface area contributed by atoms with Gasteiger partial charge in [0.05, 0.1) is 0 Å². The number of aryl methyl sites for hydroxylation is 1. The molecule has 9 heavy (non-hydrogen) atoms. The van der Waals surface area contributed by atoms with Crippen molar-refractivity contribution in [1.82, 2.24) is 0 Å². The second-order valence-electron chi connectivity index (χ2n) is 1.90. The normalized spacial score (nSPS) is 8.44. The van der Waals surface area contributed by atoms with E-state index in [-0.39, 0.29) is 0 Å². The Hall–Kier alpha value is -1.29. The van der Waals surface area contributed by atoms with E-state index in [2.05, 4.69) is 5.92 Å². The highest BCUT2D eigenvalue weighted by Crippen LogP contribution is 1.88. The van der Waals surface area contributed by atoms with Crippen molar-refractivity contribution in [3.05, 3.63) is 30.1 Å². The van der Waals surface area contributed by atoms with Crippen molar-refractivity contribution in [3.8, 4) is 12.3 Å². The van der Waals surface area contributed by atoms with Gasteiger partial charge in [-0.25, -0.2) is 4.57 Å². The van der Waals surface area contributed by atoms with Gasteiger partial charge < -0.3 is 0 Å². The van der Waals surface area contributed by atoms with E-state index in [1.807, 2.05) is 36.1 Å².